The summed E-state index contributed by atoms with van der Waals surface area (Å²) in [5.74, 6) is -2.26. The van der Waals surface area contributed by atoms with Crippen LogP contribution in [0.5, 0.6) is 0 Å². The Balaban J connectivity index is 2.41. The number of hydrogen-bond donors (Lipinski definition) is 1. The highest BCUT2D eigenvalue weighted by atomic mass is 35.5. The predicted octanol–water partition coefficient (Wildman–Crippen LogP) is 3.47. The summed E-state index contributed by atoms with van der Waals surface area (Å²) in [6.45, 7) is 0. The van der Waals surface area contributed by atoms with Crippen LogP contribution in [0.2, 0.25) is 10.0 Å². The molecule has 0 unspecified atom stereocenters. The molecule has 0 saturated heterocycles. The molecule has 4 nitrogen and oxygen atoms in total. The van der Waals surface area contributed by atoms with Gasteiger partial charge >= 0.3 is 5.97 Å². The maximum absolute atomic E-state index is 12.5. The number of aromatic carboxylic acids is 1. The van der Waals surface area contributed by atoms with E-state index in [0.717, 1.165) is 6.07 Å². The first-order valence-electron chi connectivity index (χ1n) is 5.87. The van der Waals surface area contributed by atoms with Gasteiger partial charge in [-0.25, -0.2) is 4.79 Å². The normalized spacial score (nSPS) is 12.9. The third-order valence-electron chi connectivity index (χ3n) is 3.32. The van der Waals surface area contributed by atoms with Crippen molar-refractivity contribution in [2.75, 3.05) is 0 Å². The Labute approximate surface area is 128 Å². The van der Waals surface area contributed by atoms with Gasteiger partial charge in [0, 0.05) is 11.1 Å². The van der Waals surface area contributed by atoms with E-state index in [4.69, 9.17) is 28.3 Å². The maximum Gasteiger partial charge on any atom is 0.337 e. The number of hydrogen-bond acceptors (Lipinski definition) is 3. The molecule has 21 heavy (non-hydrogen) atoms. The van der Waals surface area contributed by atoms with Crippen molar-refractivity contribution < 1.29 is 19.5 Å². The predicted molar refractivity (Wildman–Crippen MR) is 76.7 cm³/mol. The first-order chi connectivity index (χ1) is 9.93. The van der Waals surface area contributed by atoms with Gasteiger partial charge in [0.2, 0.25) is 0 Å². The van der Waals surface area contributed by atoms with Gasteiger partial charge in [0.1, 0.15) is 0 Å². The summed E-state index contributed by atoms with van der Waals surface area (Å²) in [5.41, 5.74) is -0.0758. The molecule has 3 rings (SSSR count). The molecule has 0 aromatic heterocycles. The zero-order valence-electron chi connectivity index (χ0n) is 10.3. The smallest absolute Gasteiger partial charge is 0.337 e. The molecule has 104 valence electrons. The number of ketones is 2. The van der Waals surface area contributed by atoms with Crippen molar-refractivity contribution in [3.05, 3.63) is 68.2 Å². The molecule has 0 spiro atoms. The van der Waals surface area contributed by atoms with Gasteiger partial charge in [-0.2, -0.15) is 0 Å². The third kappa shape index (κ3) is 1.87. The zero-order chi connectivity index (χ0) is 15.3. The van der Waals surface area contributed by atoms with E-state index >= 15 is 0 Å². The fourth-order valence-electron chi connectivity index (χ4n) is 2.37. The Bertz CT molecular complexity index is 840. The third-order valence-corrected chi connectivity index (χ3v) is 4.01. The largest absolute Gasteiger partial charge is 0.478 e. The Morgan fingerprint density at radius 2 is 1.48 bits per heavy atom. The van der Waals surface area contributed by atoms with Crippen molar-refractivity contribution in [3.8, 4) is 0 Å². The monoisotopic (exact) mass is 320 g/mol. The Hall–Kier alpha value is -2.17. The molecule has 2 aromatic carbocycles. The summed E-state index contributed by atoms with van der Waals surface area (Å²) in [6.07, 6.45) is 0. The number of carboxylic acid groups (broad SMARTS) is 1. The van der Waals surface area contributed by atoms with Gasteiger partial charge in [0.05, 0.1) is 26.7 Å². The van der Waals surface area contributed by atoms with Crippen LogP contribution in [0.25, 0.3) is 0 Å². The van der Waals surface area contributed by atoms with Crippen molar-refractivity contribution >= 4 is 40.7 Å². The number of carboxylic acids is 1. The van der Waals surface area contributed by atoms with E-state index in [1.165, 1.54) is 12.1 Å². The van der Waals surface area contributed by atoms with E-state index in [2.05, 4.69) is 0 Å². The lowest BCUT2D eigenvalue weighted by Gasteiger charge is -2.20. The van der Waals surface area contributed by atoms with Gasteiger partial charge in [0.25, 0.3) is 0 Å². The highest BCUT2D eigenvalue weighted by molar-refractivity contribution is 6.45. The summed E-state index contributed by atoms with van der Waals surface area (Å²) in [7, 11) is 0. The van der Waals surface area contributed by atoms with Crippen LogP contribution in [-0.4, -0.2) is 22.6 Å². The minimum Gasteiger partial charge on any atom is -0.478 e. The molecule has 0 bridgehead atoms. The van der Waals surface area contributed by atoms with Crippen LogP contribution in [0.15, 0.2) is 30.3 Å². The molecule has 1 N–H and O–H groups in total. The van der Waals surface area contributed by atoms with Crippen molar-refractivity contribution in [3.63, 3.8) is 0 Å². The van der Waals surface area contributed by atoms with Gasteiger partial charge in [0.15, 0.2) is 11.6 Å². The maximum atomic E-state index is 12.5. The molecule has 0 radical (unpaired) electrons. The number of benzene rings is 2. The SMILES string of the molecule is O=C(O)c1cc(Cl)c2c(c1Cl)C(=O)c1ccccc1C2=O. The number of fused-ring (bicyclic) bond motifs is 2. The highest BCUT2D eigenvalue weighted by Gasteiger charge is 2.35. The summed E-state index contributed by atoms with van der Waals surface area (Å²) < 4.78 is 0. The lowest BCUT2D eigenvalue weighted by molar-refractivity contribution is 0.0696. The van der Waals surface area contributed by atoms with Crippen molar-refractivity contribution in [1.82, 2.24) is 0 Å². The van der Waals surface area contributed by atoms with E-state index in [0.29, 0.717) is 0 Å². The molecular weight excluding hydrogens is 315 g/mol. The first-order valence-corrected chi connectivity index (χ1v) is 6.62. The van der Waals surface area contributed by atoms with Crippen LogP contribution in [0.4, 0.5) is 0 Å². The minimum absolute atomic E-state index is 0.0460. The molecule has 1 aliphatic carbocycles. The number of carbonyl (C=O) groups excluding carboxylic acids is 2. The summed E-state index contributed by atoms with van der Waals surface area (Å²) in [6, 6.07) is 7.36. The molecule has 0 aliphatic heterocycles. The highest BCUT2D eigenvalue weighted by Crippen LogP contribution is 2.38. The molecule has 6 heteroatoms. The van der Waals surface area contributed by atoms with Gasteiger partial charge < -0.3 is 5.11 Å². The minimum atomic E-state index is -1.32. The second kappa shape index (κ2) is 4.69. The number of halogens is 2. The summed E-state index contributed by atoms with van der Waals surface area (Å²) in [5, 5.41) is 8.73. The average molecular weight is 321 g/mol. The molecular formula is C15H6Cl2O4. The van der Waals surface area contributed by atoms with Crippen molar-refractivity contribution in [1.29, 1.82) is 0 Å². The number of rotatable bonds is 1. The standard InChI is InChI=1S/C15H6Cl2O4/c16-9-5-8(15(20)21)12(17)11-10(9)13(18)6-3-1-2-4-7(6)14(11)19/h1-5H,(H,20,21). The van der Waals surface area contributed by atoms with E-state index < -0.39 is 17.5 Å². The molecule has 0 atom stereocenters. The first kappa shape index (κ1) is 13.8. The fraction of sp³-hybridized carbons (Fsp3) is 0. The average Bonchev–Trinajstić information content (AvgIpc) is 2.46. The van der Waals surface area contributed by atoms with Crippen LogP contribution in [0.3, 0.4) is 0 Å². The van der Waals surface area contributed by atoms with Gasteiger partial charge in [-0.1, -0.05) is 47.5 Å². The molecule has 2 aromatic rings. The van der Waals surface area contributed by atoms with Crippen LogP contribution < -0.4 is 0 Å². The topological polar surface area (TPSA) is 71.4 Å². The van der Waals surface area contributed by atoms with Gasteiger partial charge in [-0.3, -0.25) is 9.59 Å². The zero-order valence-corrected chi connectivity index (χ0v) is 11.8. The molecule has 0 saturated carbocycles. The molecule has 1 aliphatic rings. The Morgan fingerprint density at radius 3 is 2.00 bits per heavy atom. The second-order valence-electron chi connectivity index (χ2n) is 4.48. The Morgan fingerprint density at radius 1 is 0.952 bits per heavy atom. The van der Waals surface area contributed by atoms with Crippen LogP contribution in [-0.2, 0) is 0 Å². The Kier molecular flexibility index (Phi) is 3.08. The fourth-order valence-corrected chi connectivity index (χ4v) is 2.97. The van der Waals surface area contributed by atoms with Gasteiger partial charge in [-0.15, -0.1) is 0 Å². The quantitative estimate of drug-likeness (QED) is 0.745. The van der Waals surface area contributed by atoms with E-state index in [1.54, 1.807) is 12.1 Å². The van der Waals surface area contributed by atoms with Crippen LogP contribution in [0.1, 0.15) is 42.2 Å². The molecule has 0 fully saturated rings. The number of carbonyl (C=O) groups is 3. The van der Waals surface area contributed by atoms with Crippen molar-refractivity contribution in [2.45, 2.75) is 0 Å². The molecule has 0 amide bonds. The molecule has 0 heterocycles. The van der Waals surface area contributed by atoms with E-state index in [9.17, 15) is 14.4 Å². The van der Waals surface area contributed by atoms with E-state index in [1.807, 2.05) is 0 Å². The van der Waals surface area contributed by atoms with Gasteiger partial charge in [-0.05, 0) is 6.07 Å². The van der Waals surface area contributed by atoms with Crippen LogP contribution in [0, 0.1) is 0 Å². The lowest BCUT2D eigenvalue weighted by atomic mass is 9.83. The van der Waals surface area contributed by atoms with Crippen molar-refractivity contribution in [2.24, 2.45) is 0 Å². The summed E-state index contributed by atoms with van der Waals surface area (Å²) >= 11 is 12.0. The second-order valence-corrected chi connectivity index (χ2v) is 5.26. The lowest BCUT2D eigenvalue weighted by Crippen LogP contribution is -2.23. The van der Waals surface area contributed by atoms with E-state index in [-0.39, 0.29) is 37.9 Å². The van der Waals surface area contributed by atoms with Crippen LogP contribution >= 0.6 is 23.2 Å². The summed E-state index contributed by atoms with van der Waals surface area (Å²) in [4.78, 5) is 36.1.